The first-order valence-electron chi connectivity index (χ1n) is 8.45. The van der Waals surface area contributed by atoms with E-state index in [2.05, 4.69) is 5.09 Å². The van der Waals surface area contributed by atoms with Crippen LogP contribution in [0.2, 0.25) is 0 Å². The van der Waals surface area contributed by atoms with Crippen molar-refractivity contribution >= 4 is 25.5 Å². The molecule has 1 aromatic carbocycles. The van der Waals surface area contributed by atoms with E-state index >= 15 is 0 Å². The van der Waals surface area contributed by atoms with Gasteiger partial charge >= 0.3 is 19.5 Å². The molecule has 9 nitrogen and oxygen atoms in total. The molecule has 0 heterocycles. The quantitative estimate of drug-likeness (QED) is 0.319. The van der Waals surface area contributed by atoms with E-state index in [4.69, 9.17) is 23.8 Å². The molecule has 28 heavy (non-hydrogen) atoms. The molecule has 2 atom stereocenters. The van der Waals surface area contributed by atoms with Gasteiger partial charge in [-0.05, 0) is 44.5 Å². The van der Waals surface area contributed by atoms with Gasteiger partial charge in [0.2, 0.25) is 0 Å². The molecule has 0 aromatic heterocycles. The lowest BCUT2D eigenvalue weighted by atomic mass is 10.2. The third kappa shape index (κ3) is 7.72. The van der Waals surface area contributed by atoms with Crippen LogP contribution in [0.4, 0.5) is 0 Å². The van der Waals surface area contributed by atoms with Gasteiger partial charge in [0.05, 0.1) is 13.2 Å². The van der Waals surface area contributed by atoms with Gasteiger partial charge in [-0.2, -0.15) is 0 Å². The summed E-state index contributed by atoms with van der Waals surface area (Å²) in [7, 11) is -0.900. The number of esters is 1. The Hall–Kier alpha value is -2.35. The van der Waals surface area contributed by atoms with E-state index in [9.17, 15) is 14.2 Å². The van der Waals surface area contributed by atoms with Crippen LogP contribution >= 0.6 is 7.52 Å². The third-order valence-corrected chi connectivity index (χ3v) is 5.12. The summed E-state index contributed by atoms with van der Waals surface area (Å²) in [5.41, 5.74) is 0.551. The summed E-state index contributed by atoms with van der Waals surface area (Å²) in [6.07, 6.45) is 1.75. The molecule has 0 saturated carbocycles. The Morgan fingerprint density at radius 2 is 1.89 bits per heavy atom. The number of rotatable bonds is 11. The minimum Gasteiger partial charge on any atom is -0.493 e. The second kappa shape index (κ2) is 10.8. The Kier molecular flexibility index (Phi) is 9.18. The summed E-state index contributed by atoms with van der Waals surface area (Å²) in [4.78, 5) is 22.6. The zero-order chi connectivity index (χ0) is 21.3. The molecule has 2 unspecified atom stereocenters. The highest BCUT2D eigenvalue weighted by Gasteiger charge is 2.31. The van der Waals surface area contributed by atoms with Crippen LogP contribution in [0.25, 0.3) is 6.08 Å². The molecule has 0 amide bonds. The van der Waals surface area contributed by atoms with E-state index in [-0.39, 0.29) is 24.0 Å². The number of nitrogens with one attached hydrogen (secondary N) is 1. The van der Waals surface area contributed by atoms with Crippen LogP contribution in [0.5, 0.6) is 11.5 Å². The lowest BCUT2D eigenvalue weighted by Gasteiger charge is -2.24. The maximum atomic E-state index is 13.1. The van der Waals surface area contributed by atoms with Gasteiger partial charge < -0.3 is 23.8 Å². The lowest BCUT2D eigenvalue weighted by molar-refractivity contribution is -0.149. The van der Waals surface area contributed by atoms with Crippen LogP contribution in [-0.4, -0.2) is 49.8 Å². The van der Waals surface area contributed by atoms with Gasteiger partial charge in [0, 0.05) is 13.2 Å². The summed E-state index contributed by atoms with van der Waals surface area (Å²) in [5.74, 6) is -1.28. The molecule has 2 N–H and O–H groups in total. The maximum Gasteiger partial charge on any atom is 0.342 e. The van der Waals surface area contributed by atoms with Crippen molar-refractivity contribution in [3.05, 3.63) is 29.8 Å². The number of carbonyl (C=O) groups excluding carboxylic acids is 1. The van der Waals surface area contributed by atoms with E-state index in [0.29, 0.717) is 5.56 Å². The summed E-state index contributed by atoms with van der Waals surface area (Å²) in [6, 6.07) is 3.70. The van der Waals surface area contributed by atoms with E-state index < -0.39 is 25.5 Å². The number of benzene rings is 1. The van der Waals surface area contributed by atoms with Crippen molar-refractivity contribution in [1.82, 2.24) is 5.09 Å². The molecule has 0 aliphatic carbocycles. The molecule has 1 aromatic rings. The molecule has 0 spiro atoms. The Morgan fingerprint density at radius 1 is 1.21 bits per heavy atom. The van der Waals surface area contributed by atoms with Crippen LogP contribution in [0.15, 0.2) is 24.3 Å². The molecular weight excluding hydrogens is 389 g/mol. The fraction of sp³-hybridized carbons (Fsp3) is 0.444. The standard InChI is InChI=1S/C18H26NO8P/c1-12(2)26-18(22)13(3)19-28(23,11-24-4)27-15-8-6-14(7-9-17(20)21)10-16(15)25-5/h6-10,12-13H,11H2,1-5H3,(H,19,23)(H,20,21)/b9-7+. The Labute approximate surface area is 164 Å². The molecule has 0 aliphatic rings. The Balaban J connectivity index is 3.05. The van der Waals surface area contributed by atoms with Crippen molar-refractivity contribution in [2.45, 2.75) is 32.9 Å². The molecule has 0 saturated heterocycles. The Morgan fingerprint density at radius 3 is 2.43 bits per heavy atom. The van der Waals surface area contributed by atoms with Crippen molar-refractivity contribution in [2.24, 2.45) is 0 Å². The number of hydrogen-bond donors (Lipinski definition) is 2. The van der Waals surface area contributed by atoms with Gasteiger partial charge in [0.25, 0.3) is 0 Å². The number of methoxy groups -OCH3 is 2. The minimum absolute atomic E-state index is 0.146. The van der Waals surface area contributed by atoms with Crippen LogP contribution in [0.1, 0.15) is 26.3 Å². The first-order chi connectivity index (χ1) is 13.1. The summed E-state index contributed by atoms with van der Waals surface area (Å²) in [5, 5.41) is 11.4. The van der Waals surface area contributed by atoms with E-state index in [1.165, 1.54) is 39.4 Å². The van der Waals surface area contributed by atoms with E-state index in [0.717, 1.165) is 6.08 Å². The number of carboxylic acid groups (broad SMARTS) is 1. The zero-order valence-corrected chi connectivity index (χ0v) is 17.4. The predicted molar refractivity (Wildman–Crippen MR) is 104 cm³/mol. The van der Waals surface area contributed by atoms with Crippen molar-refractivity contribution < 1.29 is 38.0 Å². The van der Waals surface area contributed by atoms with Gasteiger partial charge in [-0.15, -0.1) is 0 Å². The normalized spacial score (nSPS) is 14.5. The van der Waals surface area contributed by atoms with Gasteiger partial charge in [0.1, 0.15) is 12.4 Å². The highest BCUT2D eigenvalue weighted by atomic mass is 31.2. The fourth-order valence-corrected chi connectivity index (χ4v) is 3.82. The molecule has 0 bridgehead atoms. The van der Waals surface area contributed by atoms with Gasteiger partial charge in [-0.1, -0.05) is 6.07 Å². The topological polar surface area (TPSA) is 120 Å². The molecule has 0 fully saturated rings. The number of ether oxygens (including phenoxy) is 3. The molecule has 0 aliphatic heterocycles. The molecular formula is C18H26NO8P. The predicted octanol–water partition coefficient (Wildman–Crippen LogP) is 2.90. The van der Waals surface area contributed by atoms with Crippen LogP contribution in [0.3, 0.4) is 0 Å². The van der Waals surface area contributed by atoms with Crippen LogP contribution in [-0.2, 0) is 23.6 Å². The Bertz CT molecular complexity index is 762. The second-order valence-corrected chi connectivity index (χ2v) is 8.15. The first kappa shape index (κ1) is 23.7. The monoisotopic (exact) mass is 415 g/mol. The SMILES string of the molecule is COCP(=O)(NC(C)C(=O)OC(C)C)Oc1ccc(/C=C/C(=O)O)cc1OC. The summed E-state index contributed by atoms with van der Waals surface area (Å²) in [6.45, 7) is 4.93. The van der Waals surface area contributed by atoms with Crippen molar-refractivity contribution in [1.29, 1.82) is 0 Å². The molecule has 156 valence electrons. The number of carbonyl (C=O) groups is 2. The van der Waals surface area contributed by atoms with Gasteiger partial charge in [-0.25, -0.2) is 9.88 Å². The average Bonchev–Trinajstić information content (AvgIpc) is 2.60. The molecule has 1 rings (SSSR count). The highest BCUT2D eigenvalue weighted by molar-refractivity contribution is 7.57. The van der Waals surface area contributed by atoms with E-state index in [1.54, 1.807) is 19.9 Å². The highest BCUT2D eigenvalue weighted by Crippen LogP contribution is 2.46. The molecule has 10 heteroatoms. The van der Waals surface area contributed by atoms with Crippen molar-refractivity contribution in [2.75, 3.05) is 20.6 Å². The summed E-state index contributed by atoms with van der Waals surface area (Å²) < 4.78 is 34.1. The second-order valence-electron chi connectivity index (χ2n) is 6.10. The maximum absolute atomic E-state index is 13.1. The van der Waals surface area contributed by atoms with Gasteiger partial charge in [0.15, 0.2) is 11.5 Å². The fourth-order valence-electron chi connectivity index (χ4n) is 2.13. The smallest absolute Gasteiger partial charge is 0.342 e. The summed E-state index contributed by atoms with van der Waals surface area (Å²) >= 11 is 0. The van der Waals surface area contributed by atoms with E-state index in [1.807, 2.05) is 0 Å². The van der Waals surface area contributed by atoms with Gasteiger partial charge in [-0.3, -0.25) is 9.36 Å². The first-order valence-corrected chi connectivity index (χ1v) is 10.3. The van der Waals surface area contributed by atoms with Crippen molar-refractivity contribution in [3.63, 3.8) is 0 Å². The molecule has 0 radical (unpaired) electrons. The number of aliphatic carboxylic acids is 1. The van der Waals surface area contributed by atoms with Crippen molar-refractivity contribution in [3.8, 4) is 11.5 Å². The number of carboxylic acids is 1. The largest absolute Gasteiger partial charge is 0.493 e. The lowest BCUT2D eigenvalue weighted by Crippen LogP contribution is -2.36. The van der Waals surface area contributed by atoms with Crippen LogP contribution in [0, 0.1) is 0 Å². The zero-order valence-electron chi connectivity index (χ0n) is 16.5. The number of hydrogen-bond acceptors (Lipinski definition) is 7. The van der Waals surface area contributed by atoms with Crippen LogP contribution < -0.4 is 14.3 Å². The third-order valence-electron chi connectivity index (χ3n) is 3.25. The average molecular weight is 415 g/mol. The minimum atomic E-state index is -3.65.